The van der Waals surface area contributed by atoms with Gasteiger partial charge in [-0.05, 0) is 40.2 Å². The number of hydrogen-bond acceptors (Lipinski definition) is 2. The minimum atomic E-state index is -0.242. The van der Waals surface area contributed by atoms with Crippen LogP contribution in [0, 0.1) is 5.82 Å². The van der Waals surface area contributed by atoms with Gasteiger partial charge in [0.2, 0.25) is 0 Å². The van der Waals surface area contributed by atoms with Crippen LogP contribution in [-0.2, 0) is 6.54 Å². The molecule has 4 heteroatoms. The lowest BCUT2D eigenvalue weighted by Gasteiger charge is -2.03. The van der Waals surface area contributed by atoms with Crippen molar-refractivity contribution in [2.24, 2.45) is 0 Å². The number of halogens is 2. The summed E-state index contributed by atoms with van der Waals surface area (Å²) in [4.78, 5) is 0. The molecule has 0 unspecified atom stereocenters. The van der Waals surface area contributed by atoms with Crippen molar-refractivity contribution in [2.75, 3.05) is 5.32 Å². The molecule has 15 heavy (non-hydrogen) atoms. The average molecular weight is 270 g/mol. The van der Waals surface area contributed by atoms with Crippen molar-refractivity contribution in [3.8, 4) is 0 Å². The lowest BCUT2D eigenvalue weighted by Crippen LogP contribution is -1.97. The zero-order valence-corrected chi connectivity index (χ0v) is 9.42. The molecular weight excluding hydrogens is 261 g/mol. The fourth-order valence-electron chi connectivity index (χ4n) is 1.24. The molecule has 0 saturated heterocycles. The summed E-state index contributed by atoms with van der Waals surface area (Å²) in [6.07, 6.45) is 1.65. The third-order valence-electron chi connectivity index (χ3n) is 1.94. The minimum absolute atomic E-state index is 0.242. The molecule has 0 saturated carbocycles. The molecule has 2 nitrogen and oxygen atoms in total. The molecule has 2 rings (SSSR count). The second-order valence-electron chi connectivity index (χ2n) is 3.12. The zero-order valence-electron chi connectivity index (χ0n) is 7.84. The van der Waals surface area contributed by atoms with Gasteiger partial charge >= 0.3 is 0 Å². The molecule has 0 spiro atoms. The molecular formula is C11H9BrFNO. The van der Waals surface area contributed by atoms with Crippen LogP contribution in [0.3, 0.4) is 0 Å². The molecule has 1 aromatic carbocycles. The first-order valence-electron chi connectivity index (χ1n) is 4.46. The predicted octanol–water partition coefficient (Wildman–Crippen LogP) is 3.79. The van der Waals surface area contributed by atoms with Crippen molar-refractivity contribution in [3.05, 3.63) is 52.6 Å². The summed E-state index contributed by atoms with van der Waals surface area (Å²) in [6.45, 7) is 0.610. The van der Waals surface area contributed by atoms with Gasteiger partial charge in [-0.1, -0.05) is 6.07 Å². The Morgan fingerprint density at radius 2 is 2.20 bits per heavy atom. The first-order valence-corrected chi connectivity index (χ1v) is 5.26. The van der Waals surface area contributed by atoms with Crippen molar-refractivity contribution in [3.63, 3.8) is 0 Å². The molecule has 2 aromatic rings. The Morgan fingerprint density at radius 3 is 2.87 bits per heavy atom. The Balaban J connectivity index is 1.99. The summed E-state index contributed by atoms with van der Waals surface area (Å²) in [5.74, 6) is -0.242. The highest BCUT2D eigenvalue weighted by Gasteiger charge is 1.99. The zero-order chi connectivity index (χ0) is 10.7. The second kappa shape index (κ2) is 4.49. The molecule has 1 aromatic heterocycles. The van der Waals surface area contributed by atoms with E-state index in [9.17, 15) is 4.39 Å². The molecule has 0 amide bonds. The van der Waals surface area contributed by atoms with Gasteiger partial charge in [-0.25, -0.2) is 4.39 Å². The summed E-state index contributed by atoms with van der Waals surface area (Å²) < 4.78 is 18.6. The monoisotopic (exact) mass is 269 g/mol. The van der Waals surface area contributed by atoms with Gasteiger partial charge in [-0.15, -0.1) is 0 Å². The van der Waals surface area contributed by atoms with Crippen LogP contribution in [0.2, 0.25) is 0 Å². The summed E-state index contributed by atoms with van der Waals surface area (Å²) in [5, 5.41) is 3.09. The number of anilines is 1. The Labute approximate surface area is 95.2 Å². The van der Waals surface area contributed by atoms with Crippen LogP contribution in [0.15, 0.2) is 45.7 Å². The standard InChI is InChI=1S/C11H9BrFNO/c12-11-4-8(7-15-11)6-14-10-3-1-2-9(13)5-10/h1-5,7,14H,6H2. The minimum Gasteiger partial charge on any atom is -0.457 e. The SMILES string of the molecule is Fc1cccc(NCc2coc(Br)c2)c1. The fourth-order valence-corrected chi connectivity index (χ4v) is 1.63. The highest BCUT2D eigenvalue weighted by Crippen LogP contribution is 2.16. The van der Waals surface area contributed by atoms with Crippen LogP contribution in [0.4, 0.5) is 10.1 Å². The van der Waals surface area contributed by atoms with Gasteiger partial charge in [0.1, 0.15) is 5.82 Å². The van der Waals surface area contributed by atoms with Gasteiger partial charge in [0.15, 0.2) is 4.67 Å². The van der Waals surface area contributed by atoms with E-state index in [0.717, 1.165) is 11.3 Å². The van der Waals surface area contributed by atoms with Crippen LogP contribution in [-0.4, -0.2) is 0 Å². The topological polar surface area (TPSA) is 25.2 Å². The smallest absolute Gasteiger partial charge is 0.169 e. The maximum absolute atomic E-state index is 12.8. The van der Waals surface area contributed by atoms with Gasteiger partial charge in [-0.3, -0.25) is 0 Å². The quantitative estimate of drug-likeness (QED) is 0.917. The lowest BCUT2D eigenvalue weighted by atomic mass is 10.3. The molecule has 78 valence electrons. The third kappa shape index (κ3) is 2.83. The van der Waals surface area contributed by atoms with Gasteiger partial charge in [0.05, 0.1) is 6.26 Å². The normalized spacial score (nSPS) is 10.3. The number of furan rings is 1. The third-order valence-corrected chi connectivity index (χ3v) is 2.36. The number of benzene rings is 1. The van der Waals surface area contributed by atoms with Crippen LogP contribution >= 0.6 is 15.9 Å². The highest BCUT2D eigenvalue weighted by atomic mass is 79.9. The first kappa shape index (κ1) is 10.2. The van der Waals surface area contributed by atoms with Crippen molar-refractivity contribution in [1.82, 2.24) is 0 Å². The summed E-state index contributed by atoms with van der Waals surface area (Å²) >= 11 is 3.22. The Hall–Kier alpha value is -1.29. The molecule has 0 aliphatic heterocycles. The van der Waals surface area contributed by atoms with Gasteiger partial charge in [0, 0.05) is 17.8 Å². The van der Waals surface area contributed by atoms with Crippen LogP contribution in [0.5, 0.6) is 0 Å². The Bertz CT molecular complexity index is 455. The lowest BCUT2D eigenvalue weighted by molar-refractivity contribution is 0.539. The van der Waals surface area contributed by atoms with Crippen molar-refractivity contribution in [1.29, 1.82) is 0 Å². The van der Waals surface area contributed by atoms with E-state index in [0.29, 0.717) is 11.2 Å². The van der Waals surface area contributed by atoms with Crippen LogP contribution < -0.4 is 5.32 Å². The maximum atomic E-state index is 12.8. The van der Waals surface area contributed by atoms with E-state index < -0.39 is 0 Å². The Morgan fingerprint density at radius 1 is 1.33 bits per heavy atom. The van der Waals surface area contributed by atoms with Gasteiger partial charge in [-0.2, -0.15) is 0 Å². The van der Waals surface area contributed by atoms with E-state index in [-0.39, 0.29) is 5.82 Å². The summed E-state index contributed by atoms with van der Waals surface area (Å²) in [7, 11) is 0. The van der Waals surface area contributed by atoms with E-state index >= 15 is 0 Å². The molecule has 1 N–H and O–H groups in total. The van der Waals surface area contributed by atoms with Gasteiger partial charge in [0.25, 0.3) is 0 Å². The van der Waals surface area contributed by atoms with E-state index in [4.69, 9.17) is 4.42 Å². The van der Waals surface area contributed by atoms with E-state index in [1.807, 2.05) is 12.1 Å². The second-order valence-corrected chi connectivity index (χ2v) is 3.90. The number of nitrogens with one attached hydrogen (secondary N) is 1. The average Bonchev–Trinajstić information content (AvgIpc) is 2.62. The molecule has 0 bridgehead atoms. The van der Waals surface area contributed by atoms with E-state index in [1.54, 1.807) is 12.3 Å². The van der Waals surface area contributed by atoms with Crippen molar-refractivity contribution in [2.45, 2.75) is 6.54 Å². The van der Waals surface area contributed by atoms with Crippen molar-refractivity contribution < 1.29 is 8.81 Å². The van der Waals surface area contributed by atoms with Crippen molar-refractivity contribution >= 4 is 21.6 Å². The number of hydrogen-bond donors (Lipinski definition) is 1. The summed E-state index contributed by atoms with van der Waals surface area (Å²) in [5.41, 5.74) is 1.76. The summed E-state index contributed by atoms with van der Waals surface area (Å²) in [6, 6.07) is 8.22. The maximum Gasteiger partial charge on any atom is 0.169 e. The van der Waals surface area contributed by atoms with E-state index in [2.05, 4.69) is 21.2 Å². The molecule has 0 radical (unpaired) electrons. The largest absolute Gasteiger partial charge is 0.457 e. The van der Waals surface area contributed by atoms with E-state index in [1.165, 1.54) is 12.1 Å². The van der Waals surface area contributed by atoms with Crippen LogP contribution in [0.25, 0.3) is 0 Å². The fraction of sp³-hybridized carbons (Fsp3) is 0.0909. The predicted molar refractivity (Wildman–Crippen MR) is 60.1 cm³/mol. The first-order chi connectivity index (χ1) is 7.24. The highest BCUT2D eigenvalue weighted by molar-refractivity contribution is 9.10. The molecule has 0 aliphatic rings. The Kier molecular flexibility index (Phi) is 3.06. The van der Waals surface area contributed by atoms with Gasteiger partial charge < -0.3 is 9.73 Å². The molecule has 0 aliphatic carbocycles. The molecule has 1 heterocycles. The number of rotatable bonds is 3. The van der Waals surface area contributed by atoms with Crippen LogP contribution in [0.1, 0.15) is 5.56 Å². The molecule has 0 atom stereocenters. The molecule has 0 fully saturated rings.